The van der Waals surface area contributed by atoms with E-state index >= 15 is 0 Å². The van der Waals surface area contributed by atoms with Crippen LogP contribution in [0.1, 0.15) is 32.6 Å². The van der Waals surface area contributed by atoms with Crippen LogP contribution in [-0.2, 0) is 10.0 Å². The summed E-state index contributed by atoms with van der Waals surface area (Å²) in [4.78, 5) is 4.09. The Morgan fingerprint density at radius 2 is 2.05 bits per heavy atom. The summed E-state index contributed by atoms with van der Waals surface area (Å²) in [6.07, 6.45) is 5.45. The second kappa shape index (κ2) is 6.34. The minimum absolute atomic E-state index is 0.158. The molecule has 0 radical (unpaired) electrons. The van der Waals surface area contributed by atoms with Crippen LogP contribution in [0.3, 0.4) is 0 Å². The first-order valence-corrected chi connectivity index (χ1v) is 8.29. The van der Waals surface area contributed by atoms with Crippen LogP contribution in [0.5, 0.6) is 0 Å². The summed E-state index contributed by atoms with van der Waals surface area (Å²) < 4.78 is 26.7. The van der Waals surface area contributed by atoms with Gasteiger partial charge in [-0.15, -0.1) is 0 Å². The van der Waals surface area contributed by atoms with Crippen molar-refractivity contribution in [2.45, 2.75) is 37.6 Å². The number of anilines is 1. The van der Waals surface area contributed by atoms with Crippen molar-refractivity contribution in [3.05, 3.63) is 18.3 Å². The summed E-state index contributed by atoms with van der Waals surface area (Å²) in [5.74, 6) is 0. The highest BCUT2D eigenvalue weighted by Gasteiger charge is 2.29. The zero-order valence-electron chi connectivity index (χ0n) is 11.3. The Balaban J connectivity index is 2.28. The van der Waals surface area contributed by atoms with E-state index in [1.54, 1.807) is 16.4 Å². The lowest BCUT2D eigenvalue weighted by atomic mass is 10.2. The first-order valence-electron chi connectivity index (χ1n) is 6.85. The summed E-state index contributed by atoms with van der Waals surface area (Å²) in [7, 11) is -3.46. The molecule has 0 aromatic carbocycles. The molecule has 0 bridgehead atoms. The number of aromatic nitrogens is 1. The van der Waals surface area contributed by atoms with Gasteiger partial charge in [-0.05, 0) is 31.4 Å². The molecule has 0 spiro atoms. The highest BCUT2D eigenvalue weighted by molar-refractivity contribution is 7.89. The van der Waals surface area contributed by atoms with Crippen LogP contribution in [0.2, 0.25) is 0 Å². The van der Waals surface area contributed by atoms with Crippen molar-refractivity contribution in [3.63, 3.8) is 0 Å². The maximum absolute atomic E-state index is 12.6. The average molecular weight is 283 g/mol. The lowest BCUT2D eigenvalue weighted by Crippen LogP contribution is -2.36. The number of rotatable bonds is 5. The topological polar surface area (TPSA) is 62.3 Å². The van der Waals surface area contributed by atoms with Gasteiger partial charge in [0.25, 0.3) is 10.0 Å². The number of hydrogen-bond donors (Lipinski definition) is 1. The van der Waals surface area contributed by atoms with E-state index in [-0.39, 0.29) is 5.03 Å². The molecule has 5 nitrogen and oxygen atoms in total. The predicted molar refractivity (Wildman–Crippen MR) is 75.6 cm³/mol. The molecule has 106 valence electrons. The summed E-state index contributed by atoms with van der Waals surface area (Å²) >= 11 is 0. The number of nitrogens with zero attached hydrogens (tertiary/aromatic N) is 2. The molecule has 1 aliphatic heterocycles. The molecule has 2 rings (SSSR count). The van der Waals surface area contributed by atoms with Crippen LogP contribution >= 0.6 is 0 Å². The van der Waals surface area contributed by atoms with Gasteiger partial charge in [-0.2, -0.15) is 4.31 Å². The minimum Gasteiger partial charge on any atom is -0.383 e. The molecule has 0 amide bonds. The van der Waals surface area contributed by atoms with E-state index in [0.717, 1.165) is 32.2 Å². The number of sulfonamides is 1. The molecule has 19 heavy (non-hydrogen) atoms. The highest BCUT2D eigenvalue weighted by Crippen LogP contribution is 2.24. The van der Waals surface area contributed by atoms with Crippen molar-refractivity contribution in [1.82, 2.24) is 9.29 Å². The molecule has 0 aliphatic carbocycles. The zero-order chi connectivity index (χ0) is 13.7. The van der Waals surface area contributed by atoms with Gasteiger partial charge in [0.15, 0.2) is 5.03 Å². The van der Waals surface area contributed by atoms with Crippen LogP contribution in [0, 0.1) is 0 Å². The monoisotopic (exact) mass is 283 g/mol. The van der Waals surface area contributed by atoms with Crippen LogP contribution in [0.15, 0.2) is 23.4 Å². The van der Waals surface area contributed by atoms with Crippen molar-refractivity contribution in [1.29, 1.82) is 0 Å². The molecule has 2 heterocycles. The average Bonchev–Trinajstić information content (AvgIpc) is 2.46. The third-order valence-electron chi connectivity index (χ3n) is 3.24. The van der Waals surface area contributed by atoms with Gasteiger partial charge in [-0.25, -0.2) is 13.4 Å². The molecular formula is C13H21N3O2S. The lowest BCUT2D eigenvalue weighted by Gasteiger charge is -2.26. The van der Waals surface area contributed by atoms with E-state index in [4.69, 9.17) is 0 Å². The molecule has 1 aromatic heterocycles. The highest BCUT2D eigenvalue weighted by atomic mass is 32.2. The van der Waals surface area contributed by atoms with Gasteiger partial charge < -0.3 is 5.32 Å². The summed E-state index contributed by atoms with van der Waals surface area (Å²) in [6.45, 7) is 3.99. The van der Waals surface area contributed by atoms with Crippen LogP contribution in [0.25, 0.3) is 0 Å². The SMILES string of the molecule is CCCNc1cccnc1S(=O)(=O)N1CCCCC1. The van der Waals surface area contributed by atoms with Gasteiger partial charge in [0, 0.05) is 25.8 Å². The Bertz CT molecular complexity index is 510. The summed E-state index contributed by atoms with van der Waals surface area (Å²) in [5.41, 5.74) is 0.606. The first kappa shape index (κ1) is 14.3. The largest absolute Gasteiger partial charge is 0.383 e. The fraction of sp³-hybridized carbons (Fsp3) is 0.615. The smallest absolute Gasteiger partial charge is 0.262 e. The van der Waals surface area contributed by atoms with Crippen LogP contribution < -0.4 is 5.32 Å². The number of pyridine rings is 1. The van der Waals surface area contributed by atoms with Crippen molar-refractivity contribution in [2.24, 2.45) is 0 Å². The number of nitrogens with one attached hydrogen (secondary N) is 1. The van der Waals surface area contributed by atoms with Crippen molar-refractivity contribution < 1.29 is 8.42 Å². The quantitative estimate of drug-likeness (QED) is 0.898. The molecule has 0 saturated carbocycles. The lowest BCUT2D eigenvalue weighted by molar-refractivity contribution is 0.345. The van der Waals surface area contributed by atoms with Gasteiger partial charge in [-0.1, -0.05) is 13.3 Å². The van der Waals surface area contributed by atoms with Gasteiger partial charge in [0.05, 0.1) is 5.69 Å². The molecule has 0 atom stereocenters. The third-order valence-corrected chi connectivity index (χ3v) is 5.09. The Hall–Kier alpha value is -1.14. The molecule has 6 heteroatoms. The van der Waals surface area contributed by atoms with Crippen molar-refractivity contribution in [2.75, 3.05) is 25.0 Å². The van der Waals surface area contributed by atoms with Crippen molar-refractivity contribution >= 4 is 15.7 Å². The molecule has 1 aromatic rings. The van der Waals surface area contributed by atoms with E-state index in [9.17, 15) is 8.42 Å². The molecule has 1 N–H and O–H groups in total. The Morgan fingerprint density at radius 1 is 1.32 bits per heavy atom. The second-order valence-electron chi connectivity index (χ2n) is 4.75. The van der Waals surface area contributed by atoms with E-state index < -0.39 is 10.0 Å². The fourth-order valence-corrected chi connectivity index (χ4v) is 3.81. The van der Waals surface area contributed by atoms with E-state index in [1.165, 1.54) is 6.20 Å². The minimum atomic E-state index is -3.46. The molecule has 1 fully saturated rings. The second-order valence-corrected chi connectivity index (χ2v) is 6.60. The summed E-state index contributed by atoms with van der Waals surface area (Å²) in [6, 6.07) is 3.53. The normalized spacial score (nSPS) is 17.3. The predicted octanol–water partition coefficient (Wildman–Crippen LogP) is 2.08. The van der Waals surface area contributed by atoms with E-state index in [1.807, 2.05) is 6.92 Å². The maximum atomic E-state index is 12.6. The summed E-state index contributed by atoms with van der Waals surface area (Å²) in [5, 5.41) is 3.30. The molecule has 0 unspecified atom stereocenters. The first-order chi connectivity index (χ1) is 9.16. The number of hydrogen-bond acceptors (Lipinski definition) is 4. The fourth-order valence-electron chi connectivity index (χ4n) is 2.22. The van der Waals surface area contributed by atoms with E-state index in [0.29, 0.717) is 18.8 Å². The van der Waals surface area contributed by atoms with Gasteiger partial charge in [-0.3, -0.25) is 0 Å². The van der Waals surface area contributed by atoms with E-state index in [2.05, 4.69) is 10.3 Å². The molecular weight excluding hydrogens is 262 g/mol. The molecule has 1 aliphatic rings. The van der Waals surface area contributed by atoms with Gasteiger partial charge in [0.1, 0.15) is 0 Å². The van der Waals surface area contributed by atoms with Gasteiger partial charge >= 0.3 is 0 Å². The zero-order valence-corrected chi connectivity index (χ0v) is 12.1. The van der Waals surface area contributed by atoms with Crippen LogP contribution in [0.4, 0.5) is 5.69 Å². The Kier molecular flexibility index (Phi) is 4.76. The maximum Gasteiger partial charge on any atom is 0.262 e. The third kappa shape index (κ3) is 3.25. The molecule has 1 saturated heterocycles. The Morgan fingerprint density at radius 3 is 2.74 bits per heavy atom. The van der Waals surface area contributed by atoms with Gasteiger partial charge in [0.2, 0.25) is 0 Å². The number of piperidine rings is 1. The standard InChI is InChI=1S/C13H21N3O2S/c1-2-8-14-12-7-6-9-15-13(12)19(17,18)16-10-4-3-5-11-16/h6-7,9,14H,2-5,8,10-11H2,1H3. The van der Waals surface area contributed by atoms with Crippen LogP contribution in [-0.4, -0.2) is 37.3 Å². The Labute approximate surface area is 115 Å². The van der Waals surface area contributed by atoms with Crippen molar-refractivity contribution in [3.8, 4) is 0 Å².